The van der Waals surface area contributed by atoms with Gasteiger partial charge in [-0.25, -0.2) is 0 Å². The average Bonchev–Trinajstić information content (AvgIpc) is 2.52. The van der Waals surface area contributed by atoms with E-state index < -0.39 is 12.1 Å². The summed E-state index contributed by atoms with van der Waals surface area (Å²) in [6.07, 6.45) is -4.67. The van der Waals surface area contributed by atoms with Crippen LogP contribution in [-0.2, 0) is 6.61 Å². The van der Waals surface area contributed by atoms with E-state index in [-0.39, 0.29) is 30.1 Å². The van der Waals surface area contributed by atoms with Crippen LogP contribution in [0.5, 0.6) is 11.5 Å². The van der Waals surface area contributed by atoms with E-state index in [4.69, 9.17) is 4.74 Å². The third-order valence-corrected chi connectivity index (χ3v) is 3.05. The number of carbonyl (C=O) groups excluding carboxylic acids is 1. The summed E-state index contributed by atoms with van der Waals surface area (Å²) in [5.74, 6) is -0.863. The van der Waals surface area contributed by atoms with Gasteiger partial charge in [0.1, 0.15) is 6.61 Å². The van der Waals surface area contributed by atoms with E-state index in [0.29, 0.717) is 0 Å². The number of hydrogen-bond donors (Lipinski definition) is 0. The molecule has 0 aliphatic heterocycles. The van der Waals surface area contributed by atoms with E-state index in [0.717, 1.165) is 11.6 Å². The molecule has 0 aliphatic carbocycles. The molecule has 0 spiro atoms. The normalized spacial score (nSPS) is 11.1. The van der Waals surface area contributed by atoms with Crippen molar-refractivity contribution in [3.05, 3.63) is 59.7 Å². The van der Waals surface area contributed by atoms with Crippen LogP contribution in [0.1, 0.15) is 29.3 Å². The topological polar surface area (TPSA) is 35.5 Å². The molecular formula is C17H15F3O3. The number of ketones is 1. The van der Waals surface area contributed by atoms with Gasteiger partial charge in [-0.3, -0.25) is 4.79 Å². The highest BCUT2D eigenvalue weighted by atomic mass is 19.4. The van der Waals surface area contributed by atoms with Gasteiger partial charge >= 0.3 is 6.36 Å². The van der Waals surface area contributed by atoms with Gasteiger partial charge in [-0.05, 0) is 23.8 Å². The zero-order chi connectivity index (χ0) is 16.9. The minimum atomic E-state index is -4.86. The molecule has 3 nitrogen and oxygen atoms in total. The van der Waals surface area contributed by atoms with Crippen molar-refractivity contribution in [2.24, 2.45) is 0 Å². The van der Waals surface area contributed by atoms with Crippen molar-refractivity contribution in [1.82, 2.24) is 0 Å². The van der Waals surface area contributed by atoms with E-state index in [2.05, 4.69) is 4.74 Å². The van der Waals surface area contributed by atoms with Crippen LogP contribution >= 0.6 is 0 Å². The van der Waals surface area contributed by atoms with E-state index in [1.54, 1.807) is 31.2 Å². The minimum absolute atomic E-state index is 0.0705. The van der Waals surface area contributed by atoms with Crippen molar-refractivity contribution in [2.75, 3.05) is 0 Å². The largest absolute Gasteiger partial charge is 0.573 e. The zero-order valence-electron chi connectivity index (χ0n) is 12.4. The van der Waals surface area contributed by atoms with Crippen LogP contribution in [0.4, 0.5) is 13.2 Å². The van der Waals surface area contributed by atoms with E-state index in [1.165, 1.54) is 12.1 Å². The Morgan fingerprint density at radius 1 is 1.04 bits per heavy atom. The summed E-state index contributed by atoms with van der Waals surface area (Å²) in [6, 6.07) is 12.8. The standard InChI is InChI=1S/C17H15F3O3/c1-2-14(21)13-8-9-15(16(10-13)23-17(18,19)20)22-11-12-6-4-3-5-7-12/h3-10H,2,11H2,1H3. The van der Waals surface area contributed by atoms with Gasteiger partial charge in [-0.1, -0.05) is 37.3 Å². The van der Waals surface area contributed by atoms with Crippen LogP contribution < -0.4 is 9.47 Å². The van der Waals surface area contributed by atoms with Crippen LogP contribution in [-0.4, -0.2) is 12.1 Å². The molecule has 2 aromatic rings. The van der Waals surface area contributed by atoms with Crippen molar-refractivity contribution in [3.8, 4) is 11.5 Å². The summed E-state index contributed by atoms with van der Waals surface area (Å²) >= 11 is 0. The summed E-state index contributed by atoms with van der Waals surface area (Å²) in [5, 5.41) is 0. The third kappa shape index (κ3) is 5.02. The van der Waals surface area contributed by atoms with Crippen LogP contribution in [0.2, 0.25) is 0 Å². The van der Waals surface area contributed by atoms with E-state index in [1.807, 2.05) is 6.07 Å². The second kappa shape index (κ2) is 7.17. The molecule has 6 heteroatoms. The van der Waals surface area contributed by atoms with Gasteiger partial charge in [0.2, 0.25) is 0 Å². The highest BCUT2D eigenvalue weighted by molar-refractivity contribution is 5.96. The quantitative estimate of drug-likeness (QED) is 0.719. The molecule has 0 unspecified atom stereocenters. The van der Waals surface area contributed by atoms with Gasteiger partial charge in [-0.15, -0.1) is 13.2 Å². The molecule has 2 rings (SSSR count). The first-order valence-electron chi connectivity index (χ1n) is 6.99. The molecular weight excluding hydrogens is 309 g/mol. The first-order chi connectivity index (χ1) is 10.9. The number of Topliss-reactive ketones (excluding diaryl/α,β-unsaturated/α-hetero) is 1. The monoisotopic (exact) mass is 324 g/mol. The maximum atomic E-state index is 12.5. The molecule has 0 radical (unpaired) electrons. The Morgan fingerprint density at radius 2 is 1.74 bits per heavy atom. The predicted octanol–water partition coefficient (Wildman–Crippen LogP) is 4.76. The highest BCUT2D eigenvalue weighted by Gasteiger charge is 2.32. The van der Waals surface area contributed by atoms with Gasteiger partial charge in [0.15, 0.2) is 17.3 Å². The maximum absolute atomic E-state index is 12.5. The van der Waals surface area contributed by atoms with Gasteiger partial charge in [0, 0.05) is 12.0 Å². The summed E-state index contributed by atoms with van der Waals surface area (Å²) < 4.78 is 47.0. The molecule has 2 aromatic carbocycles. The van der Waals surface area contributed by atoms with Gasteiger partial charge in [0.25, 0.3) is 0 Å². The fourth-order valence-corrected chi connectivity index (χ4v) is 1.94. The summed E-state index contributed by atoms with van der Waals surface area (Å²) in [7, 11) is 0. The SMILES string of the molecule is CCC(=O)c1ccc(OCc2ccccc2)c(OC(F)(F)F)c1. The first kappa shape index (κ1) is 16.9. The van der Waals surface area contributed by atoms with Gasteiger partial charge in [0.05, 0.1) is 0 Å². The van der Waals surface area contributed by atoms with Gasteiger partial charge in [-0.2, -0.15) is 0 Å². The number of carbonyl (C=O) groups is 1. The molecule has 0 fully saturated rings. The fourth-order valence-electron chi connectivity index (χ4n) is 1.94. The van der Waals surface area contributed by atoms with Crippen molar-refractivity contribution in [2.45, 2.75) is 26.3 Å². The zero-order valence-corrected chi connectivity index (χ0v) is 12.4. The average molecular weight is 324 g/mol. The Balaban J connectivity index is 2.24. The Bertz CT molecular complexity index is 667. The molecule has 0 aliphatic rings. The molecule has 0 N–H and O–H groups in total. The smallest absolute Gasteiger partial charge is 0.485 e. The Morgan fingerprint density at radius 3 is 2.35 bits per heavy atom. The number of ether oxygens (including phenoxy) is 2. The van der Waals surface area contributed by atoms with Crippen molar-refractivity contribution in [3.63, 3.8) is 0 Å². The van der Waals surface area contributed by atoms with Crippen molar-refractivity contribution >= 4 is 5.78 Å². The van der Waals surface area contributed by atoms with Crippen molar-refractivity contribution in [1.29, 1.82) is 0 Å². The van der Waals surface area contributed by atoms with Crippen LogP contribution in [0.3, 0.4) is 0 Å². The number of hydrogen-bond acceptors (Lipinski definition) is 3. The third-order valence-electron chi connectivity index (χ3n) is 3.05. The lowest BCUT2D eigenvalue weighted by Gasteiger charge is -2.15. The van der Waals surface area contributed by atoms with E-state index in [9.17, 15) is 18.0 Å². The molecule has 0 heterocycles. The van der Waals surface area contributed by atoms with Crippen LogP contribution in [0.25, 0.3) is 0 Å². The van der Waals surface area contributed by atoms with Crippen LogP contribution in [0, 0.1) is 0 Å². The maximum Gasteiger partial charge on any atom is 0.573 e. The summed E-state index contributed by atoms with van der Waals surface area (Å²) in [4.78, 5) is 11.6. The molecule has 0 aromatic heterocycles. The fraction of sp³-hybridized carbons (Fsp3) is 0.235. The minimum Gasteiger partial charge on any atom is -0.485 e. The van der Waals surface area contributed by atoms with Crippen LogP contribution in [0.15, 0.2) is 48.5 Å². The first-order valence-corrected chi connectivity index (χ1v) is 6.99. The molecule has 0 bridgehead atoms. The second-order valence-electron chi connectivity index (χ2n) is 4.76. The molecule has 0 amide bonds. The van der Waals surface area contributed by atoms with E-state index >= 15 is 0 Å². The lowest BCUT2D eigenvalue weighted by atomic mass is 10.1. The van der Waals surface area contributed by atoms with Crippen molar-refractivity contribution < 1.29 is 27.4 Å². The Hall–Kier alpha value is -2.50. The Labute approximate surface area is 131 Å². The number of halogens is 3. The van der Waals surface area contributed by atoms with Gasteiger partial charge < -0.3 is 9.47 Å². The number of alkyl halides is 3. The Kier molecular flexibility index (Phi) is 5.26. The summed E-state index contributed by atoms with van der Waals surface area (Å²) in [5.41, 5.74) is 0.956. The molecule has 0 saturated heterocycles. The molecule has 122 valence electrons. The number of rotatable bonds is 6. The molecule has 0 saturated carbocycles. The predicted molar refractivity (Wildman–Crippen MR) is 78.5 cm³/mol. The molecule has 0 atom stereocenters. The second-order valence-corrected chi connectivity index (χ2v) is 4.76. The number of benzene rings is 2. The lowest BCUT2D eigenvalue weighted by Crippen LogP contribution is -2.18. The molecule has 23 heavy (non-hydrogen) atoms. The lowest BCUT2D eigenvalue weighted by molar-refractivity contribution is -0.275. The summed E-state index contributed by atoms with van der Waals surface area (Å²) in [6.45, 7) is 1.72. The highest BCUT2D eigenvalue weighted by Crippen LogP contribution is 2.34.